The van der Waals surface area contributed by atoms with Gasteiger partial charge in [-0.1, -0.05) is 0 Å². The van der Waals surface area contributed by atoms with E-state index in [4.69, 9.17) is 9.72 Å². The number of nitrogens with one attached hydrogen (secondary N) is 2. The van der Waals surface area contributed by atoms with Crippen molar-refractivity contribution < 1.29 is 14.3 Å². The van der Waals surface area contributed by atoms with Crippen molar-refractivity contribution in [1.29, 1.82) is 0 Å². The lowest BCUT2D eigenvalue weighted by atomic mass is 9.90. The number of rotatable bonds is 8. The van der Waals surface area contributed by atoms with Gasteiger partial charge in [-0.05, 0) is 129 Å². The number of anilines is 2. The first-order valence-corrected chi connectivity index (χ1v) is 18.4. The Labute approximate surface area is 303 Å². The number of aromatic amines is 1. The van der Waals surface area contributed by atoms with Crippen LogP contribution in [0.5, 0.6) is 0 Å². The van der Waals surface area contributed by atoms with E-state index < -0.39 is 5.60 Å². The molecule has 2 aliphatic heterocycles. The summed E-state index contributed by atoms with van der Waals surface area (Å²) in [6, 6.07) is 10.3. The molecule has 51 heavy (non-hydrogen) atoms. The molecule has 0 aliphatic carbocycles. The molecular weight excluding hydrogens is 642 g/mol. The predicted molar refractivity (Wildman–Crippen MR) is 205 cm³/mol. The quantitative estimate of drug-likeness (QED) is 0.293. The molecule has 2 saturated heterocycles. The van der Waals surface area contributed by atoms with Crippen molar-refractivity contribution in [3.05, 3.63) is 74.8 Å². The molecule has 4 heterocycles. The Balaban J connectivity index is 1.49. The fraction of sp³-hybridized carbons (Fsp3) is 0.550. The number of benzene rings is 1. The Morgan fingerprint density at radius 1 is 1.00 bits per heavy atom. The minimum atomic E-state index is -0.569. The molecule has 0 bridgehead atoms. The van der Waals surface area contributed by atoms with Crippen LogP contribution in [0.15, 0.2) is 41.3 Å². The summed E-state index contributed by atoms with van der Waals surface area (Å²) in [5.41, 5.74) is 5.62. The molecule has 2 atom stereocenters. The summed E-state index contributed by atoms with van der Waals surface area (Å²) in [4.78, 5) is 56.6. The second-order valence-corrected chi connectivity index (χ2v) is 15.5. The van der Waals surface area contributed by atoms with Gasteiger partial charge in [-0.2, -0.15) is 0 Å². The van der Waals surface area contributed by atoms with E-state index in [9.17, 15) is 14.4 Å². The Morgan fingerprint density at radius 3 is 2.24 bits per heavy atom. The third-order valence-corrected chi connectivity index (χ3v) is 10.3. The van der Waals surface area contributed by atoms with Crippen LogP contribution in [0, 0.1) is 20.8 Å². The van der Waals surface area contributed by atoms with Crippen LogP contribution >= 0.6 is 0 Å². The fourth-order valence-electron chi connectivity index (χ4n) is 7.64. The molecule has 11 heteroatoms. The molecule has 0 spiro atoms. The second kappa shape index (κ2) is 15.5. The zero-order valence-corrected chi connectivity index (χ0v) is 32.2. The van der Waals surface area contributed by atoms with Gasteiger partial charge in [0.2, 0.25) is 0 Å². The monoisotopic (exact) mass is 699 g/mol. The maximum absolute atomic E-state index is 14.0. The number of aromatic nitrogens is 2. The first-order valence-electron chi connectivity index (χ1n) is 18.4. The van der Waals surface area contributed by atoms with Gasteiger partial charge in [-0.25, -0.2) is 9.78 Å². The highest BCUT2D eigenvalue weighted by Gasteiger charge is 2.39. The lowest BCUT2D eigenvalue weighted by molar-refractivity contribution is -0.00252. The SMILES string of the molecule is CCN(c1cc(-c2ccc(N3CCN(C)CC3)nc2)cc(C(=O)NCc2c(C)cc(C)[nH]c2=O)c1C)C1CC(C)N(C(=O)OC(C)(C)C)C(C)C1. The van der Waals surface area contributed by atoms with Crippen LogP contribution in [0.25, 0.3) is 11.1 Å². The van der Waals surface area contributed by atoms with E-state index in [-0.39, 0.29) is 42.2 Å². The summed E-state index contributed by atoms with van der Waals surface area (Å²) in [7, 11) is 2.14. The normalized spacial score (nSPS) is 19.9. The molecule has 2 fully saturated rings. The highest BCUT2D eigenvalue weighted by Crippen LogP contribution is 2.36. The predicted octanol–water partition coefficient (Wildman–Crippen LogP) is 6.05. The van der Waals surface area contributed by atoms with Crippen molar-refractivity contribution >= 4 is 23.5 Å². The van der Waals surface area contributed by atoms with Gasteiger partial charge in [0.05, 0.1) is 0 Å². The smallest absolute Gasteiger partial charge is 0.410 e. The average Bonchev–Trinajstić information content (AvgIpc) is 3.04. The number of piperazine rings is 1. The topological polar surface area (TPSA) is 114 Å². The number of ether oxygens (including phenoxy) is 1. The maximum Gasteiger partial charge on any atom is 0.410 e. The standard InChI is InChI=1S/C40H57N7O4/c1-11-46(32-19-27(4)47(28(5)20-32)39(50)51-40(7,8)9)35-22-31(30-12-13-36(41-23-30)45-16-14-44(10)15-17-45)21-33(29(35)6)37(48)42-24-34-25(2)18-26(3)43-38(34)49/h12-13,18,21-23,27-28,32H,11,14-17,19-20,24H2,1-10H3,(H,42,48)(H,43,49). The van der Waals surface area contributed by atoms with Gasteiger partial charge in [0, 0.05) is 91.7 Å². The molecule has 276 valence electrons. The van der Waals surface area contributed by atoms with Gasteiger partial charge in [-0.3, -0.25) is 9.59 Å². The fourth-order valence-corrected chi connectivity index (χ4v) is 7.64. The zero-order chi connectivity index (χ0) is 37.2. The van der Waals surface area contributed by atoms with Crippen molar-refractivity contribution in [2.75, 3.05) is 49.6 Å². The summed E-state index contributed by atoms with van der Waals surface area (Å²) in [5.74, 6) is 0.709. The van der Waals surface area contributed by atoms with Crippen molar-refractivity contribution in [3.63, 3.8) is 0 Å². The Kier molecular flexibility index (Phi) is 11.5. The van der Waals surface area contributed by atoms with Crippen LogP contribution in [-0.4, -0.2) is 95.3 Å². The lowest BCUT2D eigenvalue weighted by Crippen LogP contribution is -2.56. The number of aryl methyl sites for hydroxylation is 2. The molecule has 5 rings (SSSR count). The summed E-state index contributed by atoms with van der Waals surface area (Å²) in [6.45, 7) is 22.4. The number of piperidine rings is 1. The number of carbonyl (C=O) groups is 2. The summed E-state index contributed by atoms with van der Waals surface area (Å²) in [6.07, 6.45) is 3.15. The Bertz CT molecular complexity index is 1760. The number of nitrogens with zero attached hydrogens (tertiary/aromatic N) is 5. The van der Waals surface area contributed by atoms with E-state index in [0.717, 1.165) is 85.0 Å². The molecule has 1 aromatic carbocycles. The van der Waals surface area contributed by atoms with Crippen LogP contribution in [0.2, 0.25) is 0 Å². The van der Waals surface area contributed by atoms with Crippen molar-refractivity contribution in [2.45, 2.75) is 105 Å². The maximum atomic E-state index is 14.0. The highest BCUT2D eigenvalue weighted by molar-refractivity contribution is 5.99. The van der Waals surface area contributed by atoms with Gasteiger partial charge < -0.3 is 34.6 Å². The molecule has 2 aromatic heterocycles. The number of amides is 2. The second-order valence-electron chi connectivity index (χ2n) is 15.5. The minimum Gasteiger partial charge on any atom is -0.444 e. The summed E-state index contributed by atoms with van der Waals surface area (Å²) in [5, 5.41) is 3.04. The summed E-state index contributed by atoms with van der Waals surface area (Å²) >= 11 is 0. The van der Waals surface area contributed by atoms with E-state index in [1.165, 1.54) is 0 Å². The van der Waals surface area contributed by atoms with E-state index in [2.05, 4.69) is 71.0 Å². The van der Waals surface area contributed by atoms with Gasteiger partial charge >= 0.3 is 6.09 Å². The van der Waals surface area contributed by atoms with Gasteiger partial charge in [-0.15, -0.1) is 0 Å². The number of pyridine rings is 2. The number of hydrogen-bond donors (Lipinski definition) is 2. The number of H-pyrrole nitrogens is 1. The molecule has 2 amide bonds. The number of carbonyl (C=O) groups excluding carboxylic acids is 2. The largest absolute Gasteiger partial charge is 0.444 e. The van der Waals surface area contributed by atoms with Crippen LogP contribution in [0.1, 0.15) is 87.1 Å². The van der Waals surface area contributed by atoms with E-state index >= 15 is 0 Å². The van der Waals surface area contributed by atoms with Gasteiger partial charge in [0.25, 0.3) is 11.5 Å². The van der Waals surface area contributed by atoms with E-state index in [1.807, 2.05) is 64.8 Å². The Hall–Kier alpha value is -4.38. The molecule has 2 aliphatic rings. The molecule has 2 N–H and O–H groups in total. The van der Waals surface area contributed by atoms with E-state index in [1.54, 1.807) is 0 Å². The molecule has 2 unspecified atom stereocenters. The van der Waals surface area contributed by atoms with Crippen LogP contribution in [-0.2, 0) is 11.3 Å². The number of hydrogen-bond acceptors (Lipinski definition) is 8. The summed E-state index contributed by atoms with van der Waals surface area (Å²) < 4.78 is 5.77. The van der Waals surface area contributed by atoms with Crippen molar-refractivity contribution in [2.24, 2.45) is 0 Å². The lowest BCUT2D eigenvalue weighted by Gasteiger charge is -2.47. The number of likely N-dealkylation sites (tertiary alicyclic amines) is 1. The first-order chi connectivity index (χ1) is 24.1. The first kappa shape index (κ1) is 37.9. The third-order valence-electron chi connectivity index (χ3n) is 10.3. The zero-order valence-electron chi connectivity index (χ0n) is 32.2. The van der Waals surface area contributed by atoms with Crippen molar-refractivity contribution in [3.8, 4) is 11.1 Å². The number of likely N-dealkylation sites (N-methyl/N-ethyl adjacent to an activating group) is 1. The van der Waals surface area contributed by atoms with Gasteiger partial charge in [0.15, 0.2) is 0 Å². The molecule has 0 saturated carbocycles. The third kappa shape index (κ3) is 8.75. The van der Waals surface area contributed by atoms with Gasteiger partial charge in [0.1, 0.15) is 11.4 Å². The molecule has 0 radical (unpaired) electrons. The van der Waals surface area contributed by atoms with Crippen LogP contribution < -0.4 is 20.7 Å². The molecule has 11 nitrogen and oxygen atoms in total. The van der Waals surface area contributed by atoms with Crippen LogP contribution in [0.4, 0.5) is 16.3 Å². The minimum absolute atomic E-state index is 0.0314. The van der Waals surface area contributed by atoms with Crippen molar-refractivity contribution in [1.82, 2.24) is 25.1 Å². The molecular formula is C40H57N7O4. The highest BCUT2D eigenvalue weighted by atomic mass is 16.6. The Morgan fingerprint density at radius 2 is 1.67 bits per heavy atom. The van der Waals surface area contributed by atoms with E-state index in [0.29, 0.717) is 11.1 Å². The molecule has 3 aromatic rings. The van der Waals surface area contributed by atoms with Crippen LogP contribution in [0.3, 0.4) is 0 Å². The average molecular weight is 700 g/mol.